The van der Waals surface area contributed by atoms with Crippen LogP contribution in [0.25, 0.3) is 0 Å². The fourth-order valence-electron chi connectivity index (χ4n) is 4.61. The van der Waals surface area contributed by atoms with Crippen LogP contribution in [0.2, 0.25) is 0 Å². The molecule has 0 aromatic heterocycles. The summed E-state index contributed by atoms with van der Waals surface area (Å²) in [5.41, 5.74) is 12.5. The summed E-state index contributed by atoms with van der Waals surface area (Å²) in [6.07, 6.45) is 1.67. The number of hydrogen-bond acceptors (Lipinski definition) is 6. The van der Waals surface area contributed by atoms with Crippen LogP contribution in [0.5, 0.6) is 0 Å². The summed E-state index contributed by atoms with van der Waals surface area (Å²) in [7, 11) is 0. The molecule has 2 aliphatic rings. The van der Waals surface area contributed by atoms with E-state index in [1.807, 2.05) is 30.3 Å². The molecule has 5 rings (SSSR count). The van der Waals surface area contributed by atoms with E-state index in [9.17, 15) is 14.9 Å². The molecule has 3 aromatic carbocycles. The number of nitro benzene ring substituents is 1. The van der Waals surface area contributed by atoms with Crippen molar-refractivity contribution in [3.05, 3.63) is 98.6 Å². The summed E-state index contributed by atoms with van der Waals surface area (Å²) in [6.45, 7) is 2.29. The summed E-state index contributed by atoms with van der Waals surface area (Å²) in [5.74, 6) is -1.00. The number of fused-ring (bicyclic) bond motifs is 2. The number of non-ortho nitro benzene ring substituents is 1. The number of carbonyl (C=O) groups is 1. The largest absolute Gasteiger partial charge is 0.330 e. The van der Waals surface area contributed by atoms with Crippen LogP contribution in [-0.4, -0.2) is 29.6 Å². The minimum absolute atomic E-state index is 0.0563. The highest BCUT2D eigenvalue weighted by molar-refractivity contribution is 6.24. The molecular weight excluding hydrogens is 430 g/mol. The van der Waals surface area contributed by atoms with Crippen molar-refractivity contribution in [2.24, 2.45) is 10.7 Å². The van der Waals surface area contributed by atoms with E-state index in [1.165, 1.54) is 23.3 Å². The molecule has 0 fully saturated rings. The van der Waals surface area contributed by atoms with E-state index in [0.29, 0.717) is 23.5 Å². The average molecular weight is 456 g/mol. The van der Waals surface area contributed by atoms with E-state index < -0.39 is 10.8 Å². The minimum Gasteiger partial charge on any atom is -0.330 e. The summed E-state index contributed by atoms with van der Waals surface area (Å²) < 4.78 is 0. The fraction of sp³-hybridized carbons (Fsp3) is 0.231. The molecule has 1 atom stereocenters. The lowest BCUT2D eigenvalue weighted by molar-refractivity contribution is -0.384. The van der Waals surface area contributed by atoms with Gasteiger partial charge in [0.1, 0.15) is 5.92 Å². The maximum atomic E-state index is 13.1. The Balaban J connectivity index is 1.63. The van der Waals surface area contributed by atoms with E-state index in [4.69, 9.17) is 10.7 Å². The molecule has 34 heavy (non-hydrogen) atoms. The lowest BCUT2D eigenvalue weighted by atomic mass is 9.89. The molecule has 2 heterocycles. The maximum absolute atomic E-state index is 13.1. The summed E-state index contributed by atoms with van der Waals surface area (Å²) in [6, 6.07) is 18.4. The number of nitro groups is 1. The summed E-state index contributed by atoms with van der Waals surface area (Å²) in [5, 5.41) is 17.6. The number of hydrogen-bond donors (Lipinski definition) is 3. The molecule has 4 N–H and O–H groups in total. The Bertz CT molecular complexity index is 1300. The van der Waals surface area contributed by atoms with Gasteiger partial charge < -0.3 is 16.4 Å². The van der Waals surface area contributed by atoms with Gasteiger partial charge in [0.05, 0.1) is 16.3 Å². The van der Waals surface area contributed by atoms with Crippen LogP contribution in [-0.2, 0) is 24.2 Å². The lowest BCUT2D eigenvalue weighted by Gasteiger charge is -2.18. The van der Waals surface area contributed by atoms with Gasteiger partial charge in [-0.3, -0.25) is 19.9 Å². The molecule has 0 saturated carbocycles. The Morgan fingerprint density at radius 1 is 1.09 bits per heavy atom. The Kier molecular flexibility index (Phi) is 5.91. The number of nitrogens with zero attached hydrogens (tertiary/aromatic N) is 2. The third kappa shape index (κ3) is 4.21. The smallest absolute Gasteiger partial charge is 0.269 e. The lowest BCUT2D eigenvalue weighted by Crippen LogP contribution is -2.23. The van der Waals surface area contributed by atoms with Gasteiger partial charge in [0.25, 0.3) is 5.69 Å². The Morgan fingerprint density at radius 3 is 2.68 bits per heavy atom. The SMILES string of the molecule is NCCc1ccc(C(=Nc2ccc3c(c2)CCNC3)C2C(=O)Nc3ccc([N+](=O)[O-])cc32)cc1. The second-order valence-electron chi connectivity index (χ2n) is 8.56. The van der Waals surface area contributed by atoms with Crippen molar-refractivity contribution in [3.63, 3.8) is 0 Å². The molecule has 1 unspecified atom stereocenters. The molecular formula is C26H25N5O3. The zero-order valence-electron chi connectivity index (χ0n) is 18.6. The topological polar surface area (TPSA) is 123 Å². The number of anilines is 1. The van der Waals surface area contributed by atoms with Crippen LogP contribution in [0.15, 0.2) is 65.7 Å². The van der Waals surface area contributed by atoms with E-state index in [2.05, 4.69) is 22.8 Å². The van der Waals surface area contributed by atoms with Crippen molar-refractivity contribution in [1.82, 2.24) is 5.32 Å². The van der Waals surface area contributed by atoms with E-state index in [1.54, 1.807) is 6.07 Å². The Morgan fingerprint density at radius 2 is 1.91 bits per heavy atom. The molecule has 0 aliphatic carbocycles. The third-order valence-corrected chi connectivity index (χ3v) is 6.36. The molecule has 3 aromatic rings. The first-order valence-corrected chi connectivity index (χ1v) is 11.3. The average Bonchev–Trinajstić information content (AvgIpc) is 3.18. The van der Waals surface area contributed by atoms with Crippen molar-refractivity contribution >= 4 is 28.7 Å². The van der Waals surface area contributed by atoms with Gasteiger partial charge in [-0.25, -0.2) is 0 Å². The quantitative estimate of drug-likeness (QED) is 0.298. The fourth-order valence-corrected chi connectivity index (χ4v) is 4.61. The molecule has 0 radical (unpaired) electrons. The number of amides is 1. The van der Waals surface area contributed by atoms with Gasteiger partial charge in [-0.2, -0.15) is 0 Å². The van der Waals surface area contributed by atoms with Crippen LogP contribution in [0.1, 0.15) is 33.7 Å². The Labute approximate surface area is 197 Å². The first kappa shape index (κ1) is 21.9. The molecule has 0 spiro atoms. The second kappa shape index (κ2) is 9.17. The number of benzene rings is 3. The number of carbonyl (C=O) groups excluding carboxylic acids is 1. The zero-order chi connectivity index (χ0) is 23.7. The standard InChI is InChI=1S/C26H25N5O3/c27-11-9-16-1-3-17(4-2-16)25(29-20-6-5-19-15-28-12-10-18(19)13-20)24-22-14-21(31(33)34)7-8-23(22)30-26(24)32/h1-8,13-14,24,28H,9-12,15,27H2,(H,30,32). The van der Waals surface area contributed by atoms with Gasteiger partial charge in [0.15, 0.2) is 0 Å². The minimum atomic E-state index is -0.757. The maximum Gasteiger partial charge on any atom is 0.269 e. The van der Waals surface area contributed by atoms with Crippen LogP contribution in [0, 0.1) is 10.1 Å². The number of nitrogens with one attached hydrogen (secondary N) is 2. The zero-order valence-corrected chi connectivity index (χ0v) is 18.6. The molecule has 2 aliphatic heterocycles. The summed E-state index contributed by atoms with van der Waals surface area (Å²) >= 11 is 0. The molecule has 172 valence electrons. The molecule has 0 saturated heterocycles. The number of nitrogens with two attached hydrogens (primary N) is 1. The van der Waals surface area contributed by atoms with Gasteiger partial charge >= 0.3 is 0 Å². The Hall–Kier alpha value is -3.88. The molecule has 8 heteroatoms. The molecule has 1 amide bonds. The second-order valence-corrected chi connectivity index (χ2v) is 8.56. The number of rotatable bonds is 6. The first-order chi connectivity index (χ1) is 16.5. The van der Waals surface area contributed by atoms with Gasteiger partial charge in [-0.05, 0) is 66.4 Å². The summed E-state index contributed by atoms with van der Waals surface area (Å²) in [4.78, 5) is 29.1. The van der Waals surface area contributed by atoms with Gasteiger partial charge in [0, 0.05) is 29.9 Å². The first-order valence-electron chi connectivity index (χ1n) is 11.3. The van der Waals surface area contributed by atoms with Gasteiger partial charge in [-0.15, -0.1) is 0 Å². The van der Waals surface area contributed by atoms with Crippen LogP contribution in [0.4, 0.5) is 17.1 Å². The normalized spacial score (nSPS) is 17.1. The van der Waals surface area contributed by atoms with Gasteiger partial charge in [-0.1, -0.05) is 30.3 Å². The molecule has 0 bridgehead atoms. The monoisotopic (exact) mass is 455 g/mol. The van der Waals surface area contributed by atoms with Crippen molar-refractivity contribution in [2.45, 2.75) is 25.3 Å². The third-order valence-electron chi connectivity index (χ3n) is 6.36. The van der Waals surface area contributed by atoms with Crippen molar-refractivity contribution in [1.29, 1.82) is 0 Å². The van der Waals surface area contributed by atoms with Crippen molar-refractivity contribution < 1.29 is 9.72 Å². The van der Waals surface area contributed by atoms with E-state index in [-0.39, 0.29) is 11.6 Å². The highest BCUT2D eigenvalue weighted by atomic mass is 16.6. The van der Waals surface area contributed by atoms with Crippen molar-refractivity contribution in [2.75, 3.05) is 18.4 Å². The highest BCUT2D eigenvalue weighted by Crippen LogP contribution is 2.38. The van der Waals surface area contributed by atoms with Crippen LogP contribution >= 0.6 is 0 Å². The predicted molar refractivity (Wildman–Crippen MR) is 132 cm³/mol. The van der Waals surface area contributed by atoms with Crippen molar-refractivity contribution in [3.8, 4) is 0 Å². The van der Waals surface area contributed by atoms with E-state index >= 15 is 0 Å². The van der Waals surface area contributed by atoms with Gasteiger partial charge in [0.2, 0.25) is 5.91 Å². The van der Waals surface area contributed by atoms with Crippen LogP contribution in [0.3, 0.4) is 0 Å². The predicted octanol–water partition coefficient (Wildman–Crippen LogP) is 3.60. The number of aliphatic imine (C=N–C) groups is 1. The molecule has 8 nitrogen and oxygen atoms in total. The highest BCUT2D eigenvalue weighted by Gasteiger charge is 2.36. The van der Waals surface area contributed by atoms with Crippen LogP contribution < -0.4 is 16.4 Å². The van der Waals surface area contributed by atoms with E-state index in [0.717, 1.165) is 42.7 Å².